The third kappa shape index (κ3) is 12.1. The van der Waals surface area contributed by atoms with Crippen molar-refractivity contribution < 1.29 is 41.8 Å². The largest absolute Gasteiger partial charge is 0.573 e. The van der Waals surface area contributed by atoms with Gasteiger partial charge in [0.05, 0.1) is 73.5 Å². The van der Waals surface area contributed by atoms with Crippen LogP contribution in [0.5, 0.6) is 5.75 Å². The normalized spacial score (nSPS) is 13.4. The van der Waals surface area contributed by atoms with Crippen molar-refractivity contribution >= 4 is 57.7 Å². The third-order valence-corrected chi connectivity index (χ3v) is 12.5. The number of para-hydroxylation sites is 1. The minimum Gasteiger partial charge on any atom is -0.405 e. The van der Waals surface area contributed by atoms with Gasteiger partial charge in [-0.15, -0.1) is 46.0 Å². The summed E-state index contributed by atoms with van der Waals surface area (Å²) >= 11 is 9.33. The second kappa shape index (κ2) is 21.4. The van der Waals surface area contributed by atoms with Crippen molar-refractivity contribution in [1.29, 1.82) is 0 Å². The van der Waals surface area contributed by atoms with E-state index in [-0.39, 0.29) is 82.8 Å². The second-order valence-corrected chi connectivity index (χ2v) is 17.3. The average molecular weight is 952 g/mol. The molecule has 4 aromatic heterocycles. The Hall–Kier alpha value is -5.93. The molecule has 7 rings (SSSR count). The Balaban J connectivity index is 0.810. The fourth-order valence-electron chi connectivity index (χ4n) is 7.01. The van der Waals surface area contributed by atoms with Gasteiger partial charge in [0.1, 0.15) is 22.6 Å². The molecule has 1 aliphatic heterocycles. The summed E-state index contributed by atoms with van der Waals surface area (Å²) < 4.78 is 57.5. The lowest BCUT2D eigenvalue weighted by molar-refractivity contribution is -0.274. The highest BCUT2D eigenvalue weighted by atomic mass is 35.5. The lowest BCUT2D eigenvalue weighted by Crippen LogP contribution is -2.29. The molecule has 3 N–H and O–H groups in total. The van der Waals surface area contributed by atoms with E-state index < -0.39 is 24.1 Å². The van der Waals surface area contributed by atoms with Gasteiger partial charge >= 0.3 is 6.36 Å². The SMILES string of the molecule is Cc1sc2c(c1C)C(c1ccc(Cl)cc1)=NC(CC(=O)NCCOCCOCCNC(=O)CCn1nc(CNC(=O)c3ccccc3OC(F)(F)F)cc1-c1cccs1)c1nnc(C)n1-2. The highest BCUT2D eigenvalue weighted by molar-refractivity contribution is 7.15. The molecule has 21 heteroatoms. The van der Waals surface area contributed by atoms with Gasteiger partial charge in [-0.1, -0.05) is 41.9 Å². The van der Waals surface area contributed by atoms with Gasteiger partial charge in [-0.25, -0.2) is 0 Å². The molecule has 6 aromatic rings. The van der Waals surface area contributed by atoms with Crippen molar-refractivity contribution in [3.63, 3.8) is 0 Å². The number of aliphatic imine (C=N–C) groups is 1. The van der Waals surface area contributed by atoms with Gasteiger partial charge in [0.2, 0.25) is 11.8 Å². The highest BCUT2D eigenvalue weighted by Crippen LogP contribution is 2.39. The molecule has 5 heterocycles. The van der Waals surface area contributed by atoms with Crippen LogP contribution in [0.4, 0.5) is 13.2 Å². The molecule has 0 fully saturated rings. The van der Waals surface area contributed by atoms with Gasteiger partial charge in [-0.3, -0.25) is 28.6 Å². The number of carbonyl (C=O) groups excluding carboxylic acids is 3. The predicted molar refractivity (Wildman–Crippen MR) is 240 cm³/mol. The molecule has 0 saturated heterocycles. The van der Waals surface area contributed by atoms with Crippen LogP contribution in [-0.4, -0.2) is 93.9 Å². The number of nitrogens with one attached hydrogen (secondary N) is 3. The first-order valence-corrected chi connectivity index (χ1v) is 22.6. The molecule has 342 valence electrons. The second-order valence-electron chi connectivity index (χ2n) is 14.7. The Bertz CT molecular complexity index is 2650. The van der Waals surface area contributed by atoms with Crippen LogP contribution in [-0.2, 0) is 32.2 Å². The van der Waals surface area contributed by atoms with Crippen LogP contribution in [0.2, 0.25) is 5.02 Å². The standard InChI is InChI=1S/C44H45ClF3N9O6S2/c1-26-27(2)65-43-39(26)40(29-10-12-30(45)13-11-29)52-33(41-54-53-28(3)57(41)43)24-38(59)50-16-19-62-21-20-61-18-15-49-37(58)14-17-56-34(36-9-6-22-64-36)23-31(55-56)25-51-42(60)32-7-4-5-8-35(32)63-44(46,47)48/h4-13,22-23,33H,14-21,24-25H2,1-3H3,(H,49,58)(H,50,59)(H,51,60). The molecule has 1 atom stereocenters. The number of fused-ring (bicyclic) bond motifs is 3. The predicted octanol–water partition coefficient (Wildman–Crippen LogP) is 7.30. The lowest BCUT2D eigenvalue weighted by atomic mass is 9.99. The first-order valence-electron chi connectivity index (χ1n) is 20.5. The molecule has 0 aliphatic carbocycles. The number of hydrogen-bond acceptors (Lipinski definition) is 12. The quantitative estimate of drug-likeness (QED) is 0.0664. The number of halogens is 4. The number of carbonyl (C=O) groups is 3. The minimum atomic E-state index is -4.96. The molecule has 0 saturated carbocycles. The summed E-state index contributed by atoms with van der Waals surface area (Å²) in [4.78, 5) is 45.9. The maximum Gasteiger partial charge on any atom is 0.573 e. The summed E-state index contributed by atoms with van der Waals surface area (Å²) in [6.45, 7) is 7.83. The fraction of sp³-hybridized carbons (Fsp3) is 0.341. The molecule has 65 heavy (non-hydrogen) atoms. The van der Waals surface area contributed by atoms with Crippen LogP contribution in [0.25, 0.3) is 15.6 Å². The van der Waals surface area contributed by atoms with E-state index in [2.05, 4.69) is 49.8 Å². The van der Waals surface area contributed by atoms with Crippen molar-refractivity contribution in [2.45, 2.75) is 59.1 Å². The van der Waals surface area contributed by atoms with Crippen LogP contribution < -0.4 is 20.7 Å². The zero-order valence-corrected chi connectivity index (χ0v) is 37.9. The summed E-state index contributed by atoms with van der Waals surface area (Å²) in [5.74, 6) is -0.503. The topological polar surface area (TPSA) is 176 Å². The van der Waals surface area contributed by atoms with E-state index in [1.807, 2.05) is 53.3 Å². The van der Waals surface area contributed by atoms with Gasteiger partial charge in [0.25, 0.3) is 5.91 Å². The first-order chi connectivity index (χ1) is 31.3. The van der Waals surface area contributed by atoms with Crippen LogP contribution >= 0.6 is 34.3 Å². The molecule has 0 radical (unpaired) electrons. The number of nitrogens with zero attached hydrogens (tertiary/aromatic N) is 6. The van der Waals surface area contributed by atoms with E-state index in [1.54, 1.807) is 22.1 Å². The Kier molecular flexibility index (Phi) is 15.5. The lowest BCUT2D eigenvalue weighted by Gasteiger charge is -2.13. The monoisotopic (exact) mass is 951 g/mol. The van der Waals surface area contributed by atoms with E-state index >= 15 is 0 Å². The molecule has 1 unspecified atom stereocenters. The molecule has 1 aliphatic rings. The van der Waals surface area contributed by atoms with Crippen LogP contribution in [0, 0.1) is 20.8 Å². The van der Waals surface area contributed by atoms with E-state index in [0.29, 0.717) is 22.4 Å². The number of benzene rings is 2. The summed E-state index contributed by atoms with van der Waals surface area (Å²) in [6.07, 6.45) is -4.79. The molecule has 15 nitrogen and oxygen atoms in total. The zero-order chi connectivity index (χ0) is 46.1. The third-order valence-electron chi connectivity index (χ3n) is 10.2. The average Bonchev–Trinajstić information content (AvgIpc) is 4.07. The maximum atomic E-state index is 13.2. The molecule has 0 spiro atoms. The molecule has 3 amide bonds. The van der Waals surface area contributed by atoms with Gasteiger partial charge < -0.3 is 30.2 Å². The van der Waals surface area contributed by atoms with E-state index in [9.17, 15) is 27.6 Å². The number of aromatic nitrogens is 5. The number of amides is 3. The van der Waals surface area contributed by atoms with Crippen molar-refractivity contribution in [2.75, 3.05) is 39.5 Å². The van der Waals surface area contributed by atoms with E-state index in [0.717, 1.165) is 48.9 Å². The number of rotatable bonds is 20. The van der Waals surface area contributed by atoms with Crippen LogP contribution in [0.15, 0.2) is 77.1 Å². The van der Waals surface area contributed by atoms with Crippen LogP contribution in [0.3, 0.4) is 0 Å². The van der Waals surface area contributed by atoms with Gasteiger partial charge in [-0.2, -0.15) is 5.10 Å². The summed E-state index contributed by atoms with van der Waals surface area (Å²) in [5, 5.41) is 25.2. The smallest absolute Gasteiger partial charge is 0.405 e. The van der Waals surface area contributed by atoms with E-state index in [4.69, 9.17) is 26.1 Å². The maximum absolute atomic E-state index is 13.2. The van der Waals surface area contributed by atoms with Crippen LogP contribution in [0.1, 0.15) is 68.2 Å². The summed E-state index contributed by atoms with van der Waals surface area (Å²) in [5.41, 5.74) is 4.66. The Labute approximate surface area is 385 Å². The number of ether oxygens (including phenoxy) is 3. The number of hydrogen-bond donors (Lipinski definition) is 3. The highest BCUT2D eigenvalue weighted by Gasteiger charge is 2.34. The summed E-state index contributed by atoms with van der Waals surface area (Å²) in [6, 6.07) is 17.5. The van der Waals surface area contributed by atoms with Crippen molar-refractivity contribution in [3.05, 3.63) is 122 Å². The van der Waals surface area contributed by atoms with Crippen molar-refractivity contribution in [1.82, 2.24) is 40.5 Å². The molecular weight excluding hydrogens is 907 g/mol. The number of thiophene rings is 2. The fourth-order valence-corrected chi connectivity index (χ4v) is 9.09. The van der Waals surface area contributed by atoms with E-state index in [1.165, 1.54) is 29.5 Å². The minimum absolute atomic E-state index is 0.0566. The molecular formula is C44H45ClF3N9O6S2. The molecule has 0 bridgehead atoms. The first kappa shape index (κ1) is 47.0. The molecule has 2 aromatic carbocycles. The van der Waals surface area contributed by atoms with Gasteiger partial charge in [0.15, 0.2) is 5.82 Å². The Morgan fingerprint density at radius 3 is 2.31 bits per heavy atom. The van der Waals surface area contributed by atoms with Crippen molar-refractivity contribution in [3.8, 4) is 21.3 Å². The Morgan fingerprint density at radius 1 is 0.877 bits per heavy atom. The van der Waals surface area contributed by atoms with Crippen molar-refractivity contribution in [2.24, 2.45) is 4.99 Å². The van der Waals surface area contributed by atoms with Gasteiger partial charge in [-0.05, 0) is 68.1 Å². The van der Waals surface area contributed by atoms with Gasteiger partial charge in [0, 0.05) is 40.5 Å². The Morgan fingerprint density at radius 2 is 1.60 bits per heavy atom. The number of alkyl halides is 3. The zero-order valence-electron chi connectivity index (χ0n) is 35.5. The number of aryl methyl sites for hydroxylation is 3. The summed E-state index contributed by atoms with van der Waals surface area (Å²) in [7, 11) is 0.